The van der Waals surface area contributed by atoms with E-state index in [1.165, 1.54) is 19.1 Å². The van der Waals surface area contributed by atoms with Gasteiger partial charge < -0.3 is 14.4 Å². The van der Waals surface area contributed by atoms with Crippen molar-refractivity contribution in [2.45, 2.75) is 92.8 Å². The molecule has 3 aliphatic carbocycles. The Morgan fingerprint density at radius 2 is 1.90 bits per heavy atom. The molecule has 1 aliphatic heterocycles. The topological polar surface area (TPSA) is 47.9 Å². The Morgan fingerprint density at radius 1 is 1.13 bits per heavy atom. The number of fused-ring (bicyclic) bond motifs is 2. The van der Waals surface area contributed by atoms with Gasteiger partial charge in [0.05, 0.1) is 12.8 Å². The molecule has 0 amide bonds. The highest BCUT2D eigenvalue weighted by Crippen LogP contribution is 2.76. The van der Waals surface area contributed by atoms with Gasteiger partial charge in [-0.2, -0.15) is 0 Å². The van der Waals surface area contributed by atoms with Gasteiger partial charge in [0.2, 0.25) is 6.29 Å². The van der Waals surface area contributed by atoms with Gasteiger partial charge in [0.1, 0.15) is 6.29 Å². The number of aldehydes is 1. The summed E-state index contributed by atoms with van der Waals surface area (Å²) in [5, 5.41) is 4.61. The predicted octanol–water partition coefficient (Wildman–Crippen LogP) is 6.09. The number of nitrogens with zero attached hydrogens (tertiary/aromatic N) is 1. The molecule has 4 heteroatoms. The molecule has 4 aliphatic rings. The van der Waals surface area contributed by atoms with E-state index in [1.807, 2.05) is 0 Å². The molecule has 9 atom stereocenters. The minimum atomic E-state index is -0.326. The van der Waals surface area contributed by atoms with Crippen LogP contribution in [-0.2, 0) is 14.4 Å². The summed E-state index contributed by atoms with van der Waals surface area (Å²) in [4.78, 5) is 18.8. The number of hydrogen-bond donors (Lipinski definition) is 0. The van der Waals surface area contributed by atoms with Gasteiger partial charge >= 0.3 is 0 Å². The van der Waals surface area contributed by atoms with Gasteiger partial charge in [-0.1, -0.05) is 53.1 Å². The molecule has 170 valence electrons. The van der Waals surface area contributed by atoms with Crippen LogP contribution in [0, 0.1) is 51.8 Å². The van der Waals surface area contributed by atoms with Crippen molar-refractivity contribution in [3.63, 3.8) is 0 Å². The number of rotatable bonds is 5. The van der Waals surface area contributed by atoms with E-state index in [0.29, 0.717) is 35.5 Å². The fourth-order valence-corrected chi connectivity index (χ4v) is 8.58. The van der Waals surface area contributed by atoms with Crippen LogP contribution in [-0.4, -0.2) is 25.4 Å². The Hall–Kier alpha value is -0.900. The third-order valence-electron chi connectivity index (χ3n) is 10.5. The molecule has 4 fully saturated rings. The lowest BCUT2D eigenvalue weighted by Gasteiger charge is -2.63. The molecule has 0 aromatic heterocycles. The van der Waals surface area contributed by atoms with Crippen LogP contribution in [0.15, 0.2) is 5.16 Å². The molecule has 0 aromatic carbocycles. The SMILES string of the molecule is CC(C)C1CC(C)C2(/C=N/OC3CCCCO3)C[C@@H]3[C@H](C)CC[C@H]3C(C)(C=O)[C@@]12C. The second kappa shape index (κ2) is 7.90. The lowest BCUT2D eigenvalue weighted by atomic mass is 9.39. The second-order valence-corrected chi connectivity index (χ2v) is 11.8. The van der Waals surface area contributed by atoms with Gasteiger partial charge in [-0.05, 0) is 73.0 Å². The Bertz CT molecular complexity index is 671. The maximum absolute atomic E-state index is 12.9. The Kier molecular flexibility index (Phi) is 5.87. The van der Waals surface area contributed by atoms with Gasteiger partial charge in [0.15, 0.2) is 0 Å². The third-order valence-corrected chi connectivity index (χ3v) is 10.5. The Labute approximate surface area is 183 Å². The normalized spacial score (nSPS) is 51.2. The summed E-state index contributed by atoms with van der Waals surface area (Å²) >= 11 is 0. The lowest BCUT2D eigenvalue weighted by Crippen LogP contribution is -2.62. The lowest BCUT2D eigenvalue weighted by molar-refractivity contribution is -0.170. The summed E-state index contributed by atoms with van der Waals surface area (Å²) in [6, 6.07) is 0. The summed E-state index contributed by atoms with van der Waals surface area (Å²) in [6.45, 7) is 15.0. The highest BCUT2D eigenvalue weighted by molar-refractivity contribution is 5.73. The van der Waals surface area contributed by atoms with Crippen molar-refractivity contribution in [1.29, 1.82) is 0 Å². The molecule has 0 N–H and O–H groups in total. The fraction of sp³-hybridized carbons (Fsp3) is 0.923. The summed E-state index contributed by atoms with van der Waals surface area (Å²) in [6.07, 6.45) is 11.2. The van der Waals surface area contributed by atoms with Crippen LogP contribution in [0.25, 0.3) is 0 Å². The summed E-state index contributed by atoms with van der Waals surface area (Å²) in [7, 11) is 0. The first-order valence-electron chi connectivity index (χ1n) is 12.5. The van der Waals surface area contributed by atoms with E-state index in [9.17, 15) is 4.79 Å². The van der Waals surface area contributed by atoms with Gasteiger partial charge in [0, 0.05) is 17.3 Å². The predicted molar refractivity (Wildman–Crippen MR) is 120 cm³/mol. The van der Waals surface area contributed by atoms with Crippen molar-refractivity contribution < 1.29 is 14.4 Å². The van der Waals surface area contributed by atoms with Gasteiger partial charge in [-0.15, -0.1) is 0 Å². The first-order valence-corrected chi connectivity index (χ1v) is 12.5. The molecule has 30 heavy (non-hydrogen) atoms. The van der Waals surface area contributed by atoms with Crippen LogP contribution >= 0.6 is 0 Å². The average molecular weight is 418 g/mol. The third kappa shape index (κ3) is 2.95. The van der Waals surface area contributed by atoms with Crippen molar-refractivity contribution in [3.8, 4) is 0 Å². The largest absolute Gasteiger partial charge is 0.364 e. The standard InChI is InChI=1S/C26H43NO3/c1-17(2)22-13-19(4)26(15-27-30-23-9-7-8-12-29-23)14-20-18(3)10-11-21(20)24(5,16-28)25(22,26)6/h15-23H,7-14H2,1-6H3/b27-15+/t18-,19?,20-,21-,22?,23?,24?,25-,26?/m1/s1. The average Bonchev–Trinajstić information content (AvgIpc) is 3.20. The number of ether oxygens (including phenoxy) is 1. The van der Waals surface area contributed by atoms with Crippen LogP contribution in [0.2, 0.25) is 0 Å². The molecule has 1 heterocycles. The monoisotopic (exact) mass is 417 g/mol. The molecular weight excluding hydrogens is 374 g/mol. The zero-order chi connectivity index (χ0) is 21.7. The van der Waals surface area contributed by atoms with Crippen molar-refractivity contribution in [1.82, 2.24) is 0 Å². The first-order chi connectivity index (χ1) is 14.2. The highest BCUT2D eigenvalue weighted by Gasteiger charge is 2.73. The van der Waals surface area contributed by atoms with E-state index in [-0.39, 0.29) is 22.5 Å². The molecule has 1 saturated heterocycles. The number of oxime groups is 1. The quantitative estimate of drug-likeness (QED) is 0.309. The highest BCUT2D eigenvalue weighted by atomic mass is 16.8. The molecule has 0 bridgehead atoms. The summed E-state index contributed by atoms with van der Waals surface area (Å²) in [5.41, 5.74) is -0.541. The molecule has 3 saturated carbocycles. The molecule has 4 nitrogen and oxygen atoms in total. The number of hydrogen-bond acceptors (Lipinski definition) is 4. The van der Waals surface area contributed by atoms with E-state index in [0.717, 1.165) is 38.7 Å². The van der Waals surface area contributed by atoms with Gasteiger partial charge in [-0.25, -0.2) is 0 Å². The van der Waals surface area contributed by atoms with Gasteiger partial charge in [-0.3, -0.25) is 0 Å². The minimum Gasteiger partial charge on any atom is -0.364 e. The van der Waals surface area contributed by atoms with Crippen molar-refractivity contribution in [2.24, 2.45) is 56.9 Å². The maximum atomic E-state index is 12.9. The van der Waals surface area contributed by atoms with Crippen LogP contribution in [0.4, 0.5) is 0 Å². The van der Waals surface area contributed by atoms with Crippen LogP contribution in [0.1, 0.15) is 86.5 Å². The molecule has 0 radical (unpaired) electrons. The smallest absolute Gasteiger partial charge is 0.226 e. The van der Waals surface area contributed by atoms with Crippen LogP contribution < -0.4 is 0 Å². The minimum absolute atomic E-state index is 0.105. The maximum Gasteiger partial charge on any atom is 0.226 e. The number of carbonyl (C=O) groups is 1. The van der Waals surface area contributed by atoms with Crippen molar-refractivity contribution in [2.75, 3.05) is 6.61 Å². The molecule has 4 rings (SSSR count). The summed E-state index contributed by atoms with van der Waals surface area (Å²) in [5.74, 6) is 3.31. The molecule has 5 unspecified atom stereocenters. The van der Waals surface area contributed by atoms with Gasteiger partial charge in [0.25, 0.3) is 0 Å². The fourth-order valence-electron chi connectivity index (χ4n) is 8.58. The van der Waals surface area contributed by atoms with Crippen LogP contribution in [0.5, 0.6) is 0 Å². The van der Waals surface area contributed by atoms with E-state index in [2.05, 4.69) is 52.9 Å². The summed E-state index contributed by atoms with van der Waals surface area (Å²) < 4.78 is 5.74. The molecular formula is C26H43NO3. The zero-order valence-corrected chi connectivity index (χ0v) is 20.0. The van der Waals surface area contributed by atoms with Crippen molar-refractivity contribution >= 4 is 12.5 Å². The molecule has 0 spiro atoms. The van der Waals surface area contributed by atoms with Crippen molar-refractivity contribution in [3.05, 3.63) is 0 Å². The van der Waals surface area contributed by atoms with E-state index in [4.69, 9.17) is 9.57 Å². The number of carbonyl (C=O) groups excluding carboxylic acids is 1. The Balaban J connectivity index is 1.76. The van der Waals surface area contributed by atoms with E-state index < -0.39 is 0 Å². The van der Waals surface area contributed by atoms with E-state index in [1.54, 1.807) is 0 Å². The molecule has 0 aromatic rings. The zero-order valence-electron chi connectivity index (χ0n) is 20.0. The van der Waals surface area contributed by atoms with E-state index >= 15 is 0 Å². The Morgan fingerprint density at radius 3 is 2.53 bits per heavy atom. The second-order valence-electron chi connectivity index (χ2n) is 11.8. The first kappa shape index (κ1) is 22.3. The van der Waals surface area contributed by atoms with Crippen LogP contribution in [0.3, 0.4) is 0 Å².